The molecule has 2 amide bonds. The Balaban J connectivity index is 3.18. The van der Waals surface area contributed by atoms with Gasteiger partial charge in [0.2, 0.25) is 6.41 Å². The highest BCUT2D eigenvalue weighted by atomic mass is 19.4. The number of aromatic nitrogens is 1. The molecule has 0 spiro atoms. The lowest BCUT2D eigenvalue weighted by Gasteiger charge is -2.09. The van der Waals surface area contributed by atoms with E-state index in [9.17, 15) is 22.8 Å². The average molecular weight is 218 g/mol. The zero-order chi connectivity index (χ0) is 11.5. The molecule has 0 aromatic carbocycles. The first kappa shape index (κ1) is 11.2. The van der Waals surface area contributed by atoms with E-state index < -0.39 is 23.2 Å². The lowest BCUT2D eigenvalue weighted by molar-refractivity contribution is -0.138. The van der Waals surface area contributed by atoms with Gasteiger partial charge in [-0.15, -0.1) is 0 Å². The molecule has 0 atom stereocenters. The summed E-state index contributed by atoms with van der Waals surface area (Å²) in [6.07, 6.45) is -2.98. The summed E-state index contributed by atoms with van der Waals surface area (Å²) >= 11 is 0. The number of hydrogen-bond acceptors (Lipinski definition) is 3. The van der Waals surface area contributed by atoms with Crippen molar-refractivity contribution >= 4 is 12.3 Å². The van der Waals surface area contributed by atoms with E-state index in [-0.39, 0.29) is 6.41 Å². The summed E-state index contributed by atoms with van der Waals surface area (Å²) in [5.41, 5.74) is -1.81. The Labute approximate surface area is 82.1 Å². The Bertz CT molecular complexity index is 390. The molecular weight excluding hydrogens is 213 g/mol. The molecule has 15 heavy (non-hydrogen) atoms. The fourth-order valence-corrected chi connectivity index (χ4v) is 0.954. The van der Waals surface area contributed by atoms with Gasteiger partial charge in [-0.3, -0.25) is 19.9 Å². The number of imide groups is 1. The van der Waals surface area contributed by atoms with E-state index in [0.29, 0.717) is 6.07 Å². The van der Waals surface area contributed by atoms with Crippen LogP contribution in [0.1, 0.15) is 15.9 Å². The number of hydrogen-bond donors (Lipinski definition) is 1. The van der Waals surface area contributed by atoms with Crippen LogP contribution in [0.4, 0.5) is 13.2 Å². The van der Waals surface area contributed by atoms with Gasteiger partial charge in [0.15, 0.2) is 0 Å². The number of amides is 2. The van der Waals surface area contributed by atoms with Crippen molar-refractivity contribution in [1.29, 1.82) is 0 Å². The van der Waals surface area contributed by atoms with Gasteiger partial charge in [0.1, 0.15) is 0 Å². The molecule has 0 aliphatic heterocycles. The highest BCUT2D eigenvalue weighted by molar-refractivity contribution is 6.00. The summed E-state index contributed by atoms with van der Waals surface area (Å²) in [6, 6.07) is 0.666. The Hall–Kier alpha value is -1.92. The van der Waals surface area contributed by atoms with Crippen molar-refractivity contribution in [1.82, 2.24) is 10.3 Å². The maximum atomic E-state index is 12.4. The van der Waals surface area contributed by atoms with Gasteiger partial charge in [-0.05, 0) is 6.07 Å². The predicted molar refractivity (Wildman–Crippen MR) is 42.8 cm³/mol. The summed E-state index contributed by atoms with van der Waals surface area (Å²) in [6.45, 7) is 0. The molecular formula is C8H5F3N2O2. The molecule has 1 heterocycles. The van der Waals surface area contributed by atoms with Crippen molar-refractivity contribution in [2.75, 3.05) is 0 Å². The molecule has 1 N–H and O–H groups in total. The topological polar surface area (TPSA) is 59.1 Å². The number of alkyl halides is 3. The summed E-state index contributed by atoms with van der Waals surface area (Å²) in [4.78, 5) is 24.3. The quantitative estimate of drug-likeness (QED) is 0.753. The van der Waals surface area contributed by atoms with Crippen molar-refractivity contribution in [3.05, 3.63) is 29.6 Å². The molecule has 0 aliphatic rings. The van der Waals surface area contributed by atoms with Crippen molar-refractivity contribution in [2.24, 2.45) is 0 Å². The van der Waals surface area contributed by atoms with Crippen molar-refractivity contribution in [2.45, 2.75) is 6.18 Å². The molecule has 1 rings (SSSR count). The van der Waals surface area contributed by atoms with Gasteiger partial charge >= 0.3 is 6.18 Å². The van der Waals surface area contributed by atoms with Gasteiger partial charge in [-0.25, -0.2) is 0 Å². The smallest absolute Gasteiger partial charge is 0.295 e. The van der Waals surface area contributed by atoms with Crippen LogP contribution in [0.5, 0.6) is 0 Å². The molecule has 0 bridgehead atoms. The zero-order valence-electron chi connectivity index (χ0n) is 7.21. The van der Waals surface area contributed by atoms with Gasteiger partial charge in [-0.2, -0.15) is 13.2 Å². The summed E-state index contributed by atoms with van der Waals surface area (Å²) in [5.74, 6) is -1.13. The van der Waals surface area contributed by atoms with Crippen LogP contribution in [-0.2, 0) is 11.0 Å². The summed E-state index contributed by atoms with van der Waals surface area (Å²) in [5, 5.41) is 1.61. The van der Waals surface area contributed by atoms with Crippen LogP contribution in [-0.4, -0.2) is 17.3 Å². The Morgan fingerprint density at radius 2 is 2.13 bits per heavy atom. The summed E-state index contributed by atoms with van der Waals surface area (Å²) in [7, 11) is 0. The van der Waals surface area contributed by atoms with Gasteiger partial charge < -0.3 is 0 Å². The standard InChI is InChI=1S/C8H5F3N2O2/c9-8(10,11)6-1-2-12-3-5(6)7(15)13-4-14/h1-4H,(H,13,14,15). The highest BCUT2D eigenvalue weighted by Gasteiger charge is 2.35. The maximum Gasteiger partial charge on any atom is 0.417 e. The second-order valence-corrected chi connectivity index (χ2v) is 2.51. The first-order valence-electron chi connectivity index (χ1n) is 3.72. The van der Waals surface area contributed by atoms with Gasteiger partial charge in [-0.1, -0.05) is 0 Å². The normalized spacial score (nSPS) is 10.9. The molecule has 0 fully saturated rings. The minimum Gasteiger partial charge on any atom is -0.295 e. The molecule has 1 aromatic heterocycles. The third kappa shape index (κ3) is 2.52. The SMILES string of the molecule is O=CNC(=O)c1cnccc1C(F)(F)F. The highest BCUT2D eigenvalue weighted by Crippen LogP contribution is 2.31. The van der Waals surface area contributed by atoms with E-state index in [2.05, 4.69) is 4.98 Å². The first-order chi connectivity index (χ1) is 6.96. The van der Waals surface area contributed by atoms with Crippen LogP contribution < -0.4 is 5.32 Å². The zero-order valence-corrected chi connectivity index (χ0v) is 7.21. The molecule has 0 aliphatic carbocycles. The Morgan fingerprint density at radius 1 is 1.47 bits per heavy atom. The van der Waals surface area contributed by atoms with E-state index in [1.165, 1.54) is 0 Å². The third-order valence-corrected chi connectivity index (χ3v) is 1.56. The van der Waals surface area contributed by atoms with Crippen LogP contribution in [0.15, 0.2) is 18.5 Å². The first-order valence-corrected chi connectivity index (χ1v) is 3.72. The average Bonchev–Trinajstić information content (AvgIpc) is 2.17. The van der Waals surface area contributed by atoms with Crippen molar-refractivity contribution in [3.8, 4) is 0 Å². The van der Waals surface area contributed by atoms with E-state index in [1.54, 1.807) is 5.32 Å². The lowest BCUT2D eigenvalue weighted by Crippen LogP contribution is -2.25. The van der Waals surface area contributed by atoms with Crippen LogP contribution in [0.25, 0.3) is 0 Å². The van der Waals surface area contributed by atoms with E-state index >= 15 is 0 Å². The van der Waals surface area contributed by atoms with Gasteiger partial charge in [0.25, 0.3) is 5.91 Å². The van der Waals surface area contributed by atoms with Crippen LogP contribution >= 0.6 is 0 Å². The second kappa shape index (κ2) is 4.07. The predicted octanol–water partition coefficient (Wildman–Crippen LogP) is 0.987. The second-order valence-electron chi connectivity index (χ2n) is 2.51. The molecule has 4 nitrogen and oxygen atoms in total. The number of halogens is 3. The van der Waals surface area contributed by atoms with E-state index in [1.807, 2.05) is 0 Å². The molecule has 0 saturated carbocycles. The molecule has 1 aromatic rings. The van der Waals surface area contributed by atoms with Crippen LogP contribution in [0, 0.1) is 0 Å². The lowest BCUT2D eigenvalue weighted by atomic mass is 10.1. The Morgan fingerprint density at radius 3 is 2.67 bits per heavy atom. The number of carbonyl (C=O) groups excluding carboxylic acids is 2. The van der Waals surface area contributed by atoms with Crippen molar-refractivity contribution in [3.63, 3.8) is 0 Å². The molecule has 0 saturated heterocycles. The van der Waals surface area contributed by atoms with Gasteiger partial charge in [0, 0.05) is 12.4 Å². The Kier molecular flexibility index (Phi) is 3.03. The maximum absolute atomic E-state index is 12.4. The number of carbonyl (C=O) groups is 2. The number of nitrogens with one attached hydrogen (secondary N) is 1. The number of rotatable bonds is 2. The van der Waals surface area contributed by atoms with Crippen LogP contribution in [0.3, 0.4) is 0 Å². The molecule has 0 unspecified atom stereocenters. The summed E-state index contributed by atoms with van der Waals surface area (Å²) < 4.78 is 37.1. The minimum atomic E-state index is -4.65. The van der Waals surface area contributed by atoms with Crippen LogP contribution in [0.2, 0.25) is 0 Å². The monoisotopic (exact) mass is 218 g/mol. The molecule has 7 heteroatoms. The van der Waals surface area contributed by atoms with Crippen molar-refractivity contribution < 1.29 is 22.8 Å². The molecule has 0 radical (unpaired) electrons. The van der Waals surface area contributed by atoms with Gasteiger partial charge in [0.05, 0.1) is 11.1 Å². The third-order valence-electron chi connectivity index (χ3n) is 1.56. The fraction of sp³-hybridized carbons (Fsp3) is 0.125. The minimum absolute atomic E-state index is 0.00941. The number of nitrogens with zero attached hydrogens (tertiary/aromatic N) is 1. The fourth-order valence-electron chi connectivity index (χ4n) is 0.954. The number of pyridine rings is 1. The largest absolute Gasteiger partial charge is 0.417 e. The van der Waals surface area contributed by atoms with E-state index in [4.69, 9.17) is 0 Å². The van der Waals surface area contributed by atoms with E-state index in [0.717, 1.165) is 12.4 Å². The molecule has 80 valence electrons.